The highest BCUT2D eigenvalue weighted by molar-refractivity contribution is 9.10. The van der Waals surface area contributed by atoms with Gasteiger partial charge in [0.25, 0.3) is 0 Å². The number of hydrogen-bond acceptors (Lipinski definition) is 1. The molecule has 0 radical (unpaired) electrons. The summed E-state index contributed by atoms with van der Waals surface area (Å²) in [6.45, 7) is 0. The van der Waals surface area contributed by atoms with Crippen LogP contribution in [0.25, 0.3) is 0 Å². The van der Waals surface area contributed by atoms with Crippen molar-refractivity contribution in [2.24, 2.45) is 0 Å². The van der Waals surface area contributed by atoms with Crippen LogP contribution in [0.5, 0.6) is 0 Å². The van der Waals surface area contributed by atoms with Crippen LogP contribution < -0.4 is 0 Å². The monoisotopic (exact) mass is 376 g/mol. The van der Waals surface area contributed by atoms with Crippen LogP contribution in [0.2, 0.25) is 0 Å². The summed E-state index contributed by atoms with van der Waals surface area (Å²) >= 11 is 6.23. The molecule has 0 aliphatic rings. The largest absolute Gasteiger partial charge is 0.383 e. The predicted molar refractivity (Wildman–Crippen MR) is 72.3 cm³/mol. The summed E-state index contributed by atoms with van der Waals surface area (Å²) in [5.74, 6) is -1.56. The summed E-state index contributed by atoms with van der Waals surface area (Å²) in [4.78, 5) is 0. The molecule has 2 aromatic rings. The Morgan fingerprint density at radius 1 is 0.944 bits per heavy atom. The van der Waals surface area contributed by atoms with Crippen LogP contribution in [-0.4, -0.2) is 5.11 Å². The van der Waals surface area contributed by atoms with Crippen molar-refractivity contribution < 1.29 is 13.9 Å². The molecule has 0 bridgehead atoms. The van der Waals surface area contributed by atoms with Crippen LogP contribution in [0, 0.1) is 11.6 Å². The highest BCUT2D eigenvalue weighted by Crippen LogP contribution is 2.31. The van der Waals surface area contributed by atoms with E-state index >= 15 is 0 Å². The normalized spacial score (nSPS) is 12.5. The first-order valence-electron chi connectivity index (χ1n) is 5.07. The second kappa shape index (κ2) is 5.47. The van der Waals surface area contributed by atoms with Crippen LogP contribution in [-0.2, 0) is 0 Å². The van der Waals surface area contributed by atoms with Gasteiger partial charge in [-0.1, -0.05) is 28.1 Å². The molecular weight excluding hydrogens is 370 g/mol. The van der Waals surface area contributed by atoms with E-state index in [4.69, 9.17) is 0 Å². The topological polar surface area (TPSA) is 20.2 Å². The lowest BCUT2D eigenvalue weighted by molar-refractivity contribution is 0.209. The van der Waals surface area contributed by atoms with Crippen molar-refractivity contribution in [3.8, 4) is 0 Å². The molecule has 0 aromatic heterocycles. The van der Waals surface area contributed by atoms with E-state index in [1.54, 1.807) is 24.3 Å². The molecule has 0 spiro atoms. The van der Waals surface area contributed by atoms with Crippen molar-refractivity contribution in [3.63, 3.8) is 0 Å². The number of rotatable bonds is 2. The van der Waals surface area contributed by atoms with Crippen LogP contribution in [0.3, 0.4) is 0 Å². The molecule has 2 aromatic carbocycles. The van der Waals surface area contributed by atoms with Gasteiger partial charge in [-0.3, -0.25) is 0 Å². The van der Waals surface area contributed by atoms with E-state index in [2.05, 4.69) is 31.9 Å². The Kier molecular flexibility index (Phi) is 4.14. The minimum atomic E-state index is -1.34. The van der Waals surface area contributed by atoms with E-state index in [-0.39, 0.29) is 10.0 Å². The maximum Gasteiger partial charge on any atom is 0.146 e. The van der Waals surface area contributed by atoms with Gasteiger partial charge in [0.05, 0.1) is 10.0 Å². The second-order valence-electron chi connectivity index (χ2n) is 3.71. The zero-order chi connectivity index (χ0) is 13.3. The molecule has 0 heterocycles. The zero-order valence-electron chi connectivity index (χ0n) is 9.00. The number of aliphatic hydroxyl groups excluding tert-OH is 1. The fourth-order valence-electron chi connectivity index (χ4n) is 1.61. The summed E-state index contributed by atoms with van der Waals surface area (Å²) in [5.41, 5.74) is 0.0702. The Morgan fingerprint density at radius 3 is 2.17 bits per heavy atom. The minimum Gasteiger partial charge on any atom is -0.383 e. The van der Waals surface area contributed by atoms with Gasteiger partial charge in [0.1, 0.15) is 17.7 Å². The molecule has 0 saturated carbocycles. The summed E-state index contributed by atoms with van der Waals surface area (Å²) < 4.78 is 28.4. The van der Waals surface area contributed by atoms with Gasteiger partial charge >= 0.3 is 0 Å². The van der Waals surface area contributed by atoms with Crippen molar-refractivity contribution in [1.82, 2.24) is 0 Å². The molecule has 94 valence electrons. The van der Waals surface area contributed by atoms with Gasteiger partial charge in [-0.05, 0) is 45.8 Å². The number of benzene rings is 2. The lowest BCUT2D eigenvalue weighted by Crippen LogP contribution is -2.06. The van der Waals surface area contributed by atoms with Crippen molar-refractivity contribution in [2.45, 2.75) is 6.10 Å². The lowest BCUT2D eigenvalue weighted by Gasteiger charge is -2.14. The van der Waals surface area contributed by atoms with Crippen LogP contribution in [0.15, 0.2) is 45.3 Å². The molecule has 0 amide bonds. The fourth-order valence-corrected chi connectivity index (χ4v) is 2.22. The summed E-state index contributed by atoms with van der Waals surface area (Å²) in [7, 11) is 0. The SMILES string of the molecule is OC(c1ccc(Br)cc1)c1c(F)ccc(Br)c1F. The van der Waals surface area contributed by atoms with Gasteiger partial charge in [-0.2, -0.15) is 0 Å². The molecule has 0 aliphatic heterocycles. The van der Waals surface area contributed by atoms with Gasteiger partial charge in [-0.15, -0.1) is 0 Å². The van der Waals surface area contributed by atoms with Gasteiger partial charge in [0, 0.05) is 4.47 Å². The van der Waals surface area contributed by atoms with Gasteiger partial charge in [-0.25, -0.2) is 8.78 Å². The first kappa shape index (κ1) is 13.6. The van der Waals surface area contributed by atoms with E-state index in [9.17, 15) is 13.9 Å². The smallest absolute Gasteiger partial charge is 0.146 e. The standard InChI is InChI=1S/C13H8Br2F2O/c14-8-3-1-7(2-4-8)13(18)11-10(16)6-5-9(15)12(11)17/h1-6,13,18H. The molecule has 0 aliphatic carbocycles. The Hall–Kier alpha value is -0.780. The zero-order valence-corrected chi connectivity index (χ0v) is 12.2. The molecule has 0 saturated heterocycles. The average molecular weight is 378 g/mol. The van der Waals surface area contributed by atoms with Gasteiger partial charge in [0.15, 0.2) is 0 Å². The van der Waals surface area contributed by atoms with E-state index in [0.29, 0.717) is 5.56 Å². The first-order valence-corrected chi connectivity index (χ1v) is 6.66. The van der Waals surface area contributed by atoms with E-state index < -0.39 is 17.7 Å². The maximum atomic E-state index is 13.8. The van der Waals surface area contributed by atoms with Crippen LogP contribution >= 0.6 is 31.9 Å². The maximum absolute atomic E-state index is 13.8. The number of hydrogen-bond donors (Lipinski definition) is 1. The first-order chi connectivity index (χ1) is 8.50. The van der Waals surface area contributed by atoms with E-state index in [1.165, 1.54) is 6.07 Å². The van der Waals surface area contributed by atoms with Gasteiger partial charge in [0.2, 0.25) is 0 Å². The van der Waals surface area contributed by atoms with E-state index in [1.807, 2.05) is 0 Å². The highest BCUT2D eigenvalue weighted by Gasteiger charge is 2.21. The molecular formula is C13H8Br2F2O. The predicted octanol–water partition coefficient (Wildman–Crippen LogP) is 4.57. The fraction of sp³-hybridized carbons (Fsp3) is 0.0769. The Labute approximate surface area is 120 Å². The number of aliphatic hydroxyl groups is 1. The lowest BCUT2D eigenvalue weighted by atomic mass is 10.0. The minimum absolute atomic E-state index is 0.120. The molecule has 2 rings (SSSR count). The third kappa shape index (κ3) is 2.63. The average Bonchev–Trinajstić information content (AvgIpc) is 2.35. The molecule has 18 heavy (non-hydrogen) atoms. The van der Waals surface area contributed by atoms with Crippen molar-refractivity contribution in [1.29, 1.82) is 0 Å². The molecule has 1 unspecified atom stereocenters. The summed E-state index contributed by atoms with van der Waals surface area (Å²) in [5, 5.41) is 10.1. The Morgan fingerprint density at radius 2 is 1.56 bits per heavy atom. The Balaban J connectivity index is 2.49. The van der Waals surface area contributed by atoms with Crippen LogP contribution in [0.4, 0.5) is 8.78 Å². The summed E-state index contributed by atoms with van der Waals surface area (Å²) in [6, 6.07) is 8.99. The highest BCUT2D eigenvalue weighted by atomic mass is 79.9. The van der Waals surface area contributed by atoms with Gasteiger partial charge < -0.3 is 5.11 Å². The molecule has 1 N–H and O–H groups in total. The molecule has 1 nitrogen and oxygen atoms in total. The molecule has 5 heteroatoms. The molecule has 0 fully saturated rings. The van der Waals surface area contributed by atoms with Crippen molar-refractivity contribution in [2.75, 3.05) is 0 Å². The third-order valence-corrected chi connectivity index (χ3v) is 3.68. The Bertz CT molecular complexity index is 570. The second-order valence-corrected chi connectivity index (χ2v) is 5.48. The number of halogens is 4. The quantitative estimate of drug-likeness (QED) is 0.760. The summed E-state index contributed by atoms with van der Waals surface area (Å²) in [6.07, 6.45) is -1.34. The third-order valence-electron chi connectivity index (χ3n) is 2.54. The van der Waals surface area contributed by atoms with E-state index in [0.717, 1.165) is 10.5 Å². The molecule has 1 atom stereocenters. The van der Waals surface area contributed by atoms with Crippen molar-refractivity contribution in [3.05, 3.63) is 68.1 Å². The van der Waals surface area contributed by atoms with Crippen LogP contribution in [0.1, 0.15) is 17.2 Å². The van der Waals surface area contributed by atoms with Crippen molar-refractivity contribution >= 4 is 31.9 Å².